The van der Waals surface area contributed by atoms with Crippen molar-refractivity contribution in [3.8, 4) is 0 Å². The van der Waals surface area contributed by atoms with Crippen LogP contribution in [0.25, 0.3) is 0 Å². The van der Waals surface area contributed by atoms with Crippen LogP contribution in [0.4, 0.5) is 15.6 Å². The summed E-state index contributed by atoms with van der Waals surface area (Å²) >= 11 is 1.66. The summed E-state index contributed by atoms with van der Waals surface area (Å²) in [5, 5.41) is 5.80. The average Bonchev–Trinajstić information content (AvgIpc) is 3.23. The van der Waals surface area contributed by atoms with Crippen molar-refractivity contribution in [3.05, 3.63) is 41.4 Å². The Morgan fingerprint density at radius 3 is 2.53 bits per heavy atom. The molecule has 8 nitrogen and oxygen atoms in total. The number of rotatable bonds is 5. The van der Waals surface area contributed by atoms with Crippen LogP contribution in [0, 0.1) is 0 Å². The molecule has 0 spiro atoms. The molecule has 30 heavy (non-hydrogen) atoms. The van der Waals surface area contributed by atoms with Gasteiger partial charge in [-0.3, -0.25) is 10.3 Å². The molecule has 2 heterocycles. The fourth-order valence-corrected chi connectivity index (χ4v) is 3.77. The van der Waals surface area contributed by atoms with Crippen LogP contribution in [0.5, 0.6) is 0 Å². The maximum Gasteiger partial charge on any atom is 0.412 e. The van der Waals surface area contributed by atoms with Crippen LogP contribution in [0.15, 0.2) is 40.8 Å². The summed E-state index contributed by atoms with van der Waals surface area (Å²) < 4.78 is 5.26. The van der Waals surface area contributed by atoms with E-state index in [0.717, 1.165) is 43.3 Å². The molecule has 1 aliphatic rings. The molecule has 0 radical (unpaired) electrons. The first-order valence-electron chi connectivity index (χ1n) is 10.1. The molecule has 1 fully saturated rings. The first kappa shape index (κ1) is 21.9. The largest absolute Gasteiger partial charge is 0.444 e. The first-order chi connectivity index (χ1) is 14.3. The van der Waals surface area contributed by atoms with E-state index in [1.807, 2.05) is 56.6 Å². The summed E-state index contributed by atoms with van der Waals surface area (Å²) in [7, 11) is 0. The number of nitrogens with one attached hydrogen (secondary N) is 1. The monoisotopic (exact) mass is 430 g/mol. The summed E-state index contributed by atoms with van der Waals surface area (Å²) in [6.45, 7) is 9.62. The van der Waals surface area contributed by atoms with E-state index >= 15 is 0 Å². The van der Waals surface area contributed by atoms with Crippen molar-refractivity contribution in [1.29, 1.82) is 0 Å². The smallest absolute Gasteiger partial charge is 0.412 e. The highest BCUT2D eigenvalue weighted by atomic mass is 32.1. The molecule has 0 saturated carbocycles. The molecule has 9 heteroatoms. The molecular weight excluding hydrogens is 400 g/mol. The van der Waals surface area contributed by atoms with Crippen molar-refractivity contribution in [2.24, 2.45) is 10.7 Å². The quantitative estimate of drug-likeness (QED) is 0.559. The van der Waals surface area contributed by atoms with Crippen LogP contribution in [0.3, 0.4) is 0 Å². The number of aromatic nitrogens is 1. The topological polar surface area (TPSA) is 96.1 Å². The lowest BCUT2D eigenvalue weighted by Crippen LogP contribution is -2.51. The lowest BCUT2D eigenvalue weighted by Gasteiger charge is -2.35. The summed E-state index contributed by atoms with van der Waals surface area (Å²) in [6.07, 6.45) is 2.16. The molecule has 1 aromatic heterocycles. The molecule has 1 saturated heterocycles. The van der Waals surface area contributed by atoms with Crippen LogP contribution in [0.1, 0.15) is 26.3 Å². The van der Waals surface area contributed by atoms with Gasteiger partial charge in [-0.15, -0.1) is 11.3 Å². The number of carbonyl (C=O) groups excluding carboxylic acids is 1. The molecule has 1 aliphatic heterocycles. The Hall–Kier alpha value is -2.81. The summed E-state index contributed by atoms with van der Waals surface area (Å²) in [5.74, 6) is 0.594. The van der Waals surface area contributed by atoms with E-state index in [1.54, 1.807) is 11.3 Å². The van der Waals surface area contributed by atoms with Gasteiger partial charge >= 0.3 is 6.09 Å². The number of thiazole rings is 1. The van der Waals surface area contributed by atoms with Gasteiger partial charge in [0.05, 0.1) is 0 Å². The zero-order valence-electron chi connectivity index (χ0n) is 17.8. The Morgan fingerprint density at radius 1 is 1.23 bits per heavy atom. The molecule has 3 N–H and O–H groups in total. The third-order valence-electron chi connectivity index (χ3n) is 4.57. The Morgan fingerprint density at radius 2 is 1.93 bits per heavy atom. The van der Waals surface area contributed by atoms with E-state index in [1.165, 1.54) is 0 Å². The minimum absolute atomic E-state index is 0.456. The number of nitrogens with two attached hydrogens (primary N) is 1. The molecule has 0 bridgehead atoms. The van der Waals surface area contributed by atoms with Crippen molar-refractivity contribution in [2.75, 3.05) is 42.9 Å². The van der Waals surface area contributed by atoms with Gasteiger partial charge < -0.3 is 20.3 Å². The summed E-state index contributed by atoms with van der Waals surface area (Å²) in [5.41, 5.74) is 7.51. The Balaban J connectivity index is 1.42. The van der Waals surface area contributed by atoms with Gasteiger partial charge in [-0.05, 0) is 44.9 Å². The van der Waals surface area contributed by atoms with Crippen LogP contribution >= 0.6 is 11.3 Å². The summed E-state index contributed by atoms with van der Waals surface area (Å²) in [6, 6.07) is 7.69. The molecule has 0 atom stereocenters. The first-order valence-corrected chi connectivity index (χ1v) is 11.0. The fourth-order valence-electron chi connectivity index (χ4n) is 3.07. The zero-order valence-corrected chi connectivity index (χ0v) is 18.6. The third-order valence-corrected chi connectivity index (χ3v) is 5.40. The van der Waals surface area contributed by atoms with E-state index in [2.05, 4.69) is 25.1 Å². The number of anilines is 2. The van der Waals surface area contributed by atoms with Gasteiger partial charge in [-0.25, -0.2) is 9.78 Å². The number of guanidine groups is 1. The lowest BCUT2D eigenvalue weighted by molar-refractivity contribution is 0.0636. The lowest BCUT2D eigenvalue weighted by atomic mass is 10.1. The normalized spacial score (nSPS) is 15.2. The highest BCUT2D eigenvalue weighted by Crippen LogP contribution is 2.19. The molecule has 1 amide bonds. The van der Waals surface area contributed by atoms with E-state index in [9.17, 15) is 4.79 Å². The van der Waals surface area contributed by atoms with E-state index < -0.39 is 11.7 Å². The van der Waals surface area contributed by atoms with Gasteiger partial charge in [0.1, 0.15) is 5.60 Å². The van der Waals surface area contributed by atoms with Gasteiger partial charge in [0, 0.05) is 50.0 Å². The minimum atomic E-state index is -0.518. The van der Waals surface area contributed by atoms with Crippen molar-refractivity contribution in [1.82, 2.24) is 9.88 Å². The van der Waals surface area contributed by atoms with E-state index in [-0.39, 0.29) is 0 Å². The highest BCUT2D eigenvalue weighted by molar-refractivity contribution is 7.13. The standard InChI is InChI=1S/C21H30N6O2S/c1-21(2,3)29-20(28)25-17-6-4-16(5-7-17)8-9-23-18(22)26-11-13-27(14-12-26)19-24-10-15-30-19/h4-7,10,15H,8-9,11-14H2,1-3H3,(H2,22,23)(H,25,28). The molecule has 0 aliphatic carbocycles. The number of ether oxygens (including phenoxy) is 1. The second-order valence-corrected chi connectivity index (χ2v) is 8.98. The molecular formula is C21H30N6O2S. The number of aliphatic imine (C=N–C) groups is 1. The number of nitrogens with zero attached hydrogens (tertiary/aromatic N) is 4. The third kappa shape index (κ3) is 6.62. The molecule has 3 rings (SSSR count). The number of hydrogen-bond donors (Lipinski definition) is 2. The Labute approximate surface area is 181 Å². The SMILES string of the molecule is CC(C)(C)OC(=O)Nc1ccc(CCN=C(N)N2CCN(c3nccs3)CC2)cc1. The van der Waals surface area contributed by atoms with Crippen LogP contribution in [-0.4, -0.2) is 60.3 Å². The fraction of sp³-hybridized carbons (Fsp3) is 0.476. The maximum absolute atomic E-state index is 11.8. The van der Waals surface area contributed by atoms with E-state index in [4.69, 9.17) is 10.5 Å². The van der Waals surface area contributed by atoms with Gasteiger partial charge in [0.15, 0.2) is 11.1 Å². The summed E-state index contributed by atoms with van der Waals surface area (Å²) in [4.78, 5) is 25.1. The number of carbonyl (C=O) groups is 1. The van der Waals surface area contributed by atoms with Crippen molar-refractivity contribution in [2.45, 2.75) is 32.8 Å². The van der Waals surface area contributed by atoms with Crippen LogP contribution < -0.4 is 16.0 Å². The predicted octanol–water partition coefficient (Wildman–Crippen LogP) is 3.17. The molecule has 162 valence electrons. The average molecular weight is 431 g/mol. The molecule has 1 aromatic carbocycles. The minimum Gasteiger partial charge on any atom is -0.444 e. The van der Waals surface area contributed by atoms with Crippen molar-refractivity contribution < 1.29 is 9.53 Å². The van der Waals surface area contributed by atoms with Crippen LogP contribution in [-0.2, 0) is 11.2 Å². The number of hydrogen-bond acceptors (Lipinski definition) is 6. The Kier molecular flexibility index (Phi) is 7.15. The molecule has 2 aromatic rings. The van der Waals surface area contributed by atoms with Gasteiger partial charge in [-0.2, -0.15) is 0 Å². The Bertz CT molecular complexity index is 837. The van der Waals surface area contributed by atoms with Gasteiger partial charge in [0.2, 0.25) is 0 Å². The number of benzene rings is 1. The van der Waals surface area contributed by atoms with Crippen molar-refractivity contribution >= 4 is 34.2 Å². The molecule has 0 unspecified atom stereocenters. The van der Waals surface area contributed by atoms with Crippen molar-refractivity contribution in [3.63, 3.8) is 0 Å². The van der Waals surface area contributed by atoms with Gasteiger partial charge in [-0.1, -0.05) is 12.1 Å². The number of amides is 1. The maximum atomic E-state index is 11.8. The van der Waals surface area contributed by atoms with Crippen LogP contribution in [0.2, 0.25) is 0 Å². The predicted molar refractivity (Wildman–Crippen MR) is 122 cm³/mol. The highest BCUT2D eigenvalue weighted by Gasteiger charge is 2.19. The second kappa shape index (κ2) is 9.80. The zero-order chi connectivity index (χ0) is 21.6. The van der Waals surface area contributed by atoms with E-state index in [0.29, 0.717) is 18.2 Å². The second-order valence-electron chi connectivity index (χ2n) is 8.10. The number of piperazine rings is 1. The van der Waals surface area contributed by atoms with Gasteiger partial charge in [0.25, 0.3) is 0 Å².